The van der Waals surface area contributed by atoms with E-state index in [0.717, 1.165) is 0 Å². The van der Waals surface area contributed by atoms with Crippen LogP contribution < -0.4 is 4.74 Å². The molecule has 0 bridgehead atoms. The molecule has 0 unspecified atom stereocenters. The number of halogens is 1. The summed E-state index contributed by atoms with van der Waals surface area (Å²) in [7, 11) is -4.10. The monoisotopic (exact) mass is 544 g/mol. The van der Waals surface area contributed by atoms with Crippen LogP contribution in [0.1, 0.15) is 5.56 Å². The molecule has 1 amide bonds. The van der Waals surface area contributed by atoms with Crippen molar-refractivity contribution < 1.29 is 38.5 Å². The maximum atomic E-state index is 13.3. The van der Waals surface area contributed by atoms with Crippen LogP contribution in [-0.4, -0.2) is 84.3 Å². The van der Waals surface area contributed by atoms with E-state index in [-0.39, 0.29) is 53.4 Å². The molecule has 4 N–H and O–H groups in total. The van der Waals surface area contributed by atoms with Gasteiger partial charge in [-0.25, -0.2) is 9.18 Å². The Balaban J connectivity index is 1.44. The number of hydrogen-bond donors (Lipinski definition) is 4. The standard InChI is InChI=1S/C25H26FN4O7P/c26-17-5-3-16(4-6-17)14-30-15-19-20(24(30)32)22(31)21-18(2-1-7-27-21)23(19)37-25(33)29-10-8-28(9-11-29)12-13-38(34,35)36/h1-7,15,31-32H,8-14H2,(H2,34,35,36). The largest absolute Gasteiger partial charge is 0.505 e. The molecule has 4 aromatic rings. The van der Waals surface area contributed by atoms with Crippen LogP contribution in [0, 0.1) is 5.82 Å². The average Bonchev–Trinajstić information content (AvgIpc) is 3.22. The number of carbonyl (C=O) groups is 1. The van der Waals surface area contributed by atoms with E-state index in [1.807, 2.05) is 4.90 Å². The van der Waals surface area contributed by atoms with Gasteiger partial charge in [-0.3, -0.25) is 14.4 Å². The number of phenolic OH excluding ortho intramolecular Hbond substituents is 1. The number of pyridine rings is 1. The zero-order valence-electron chi connectivity index (χ0n) is 20.2. The van der Waals surface area contributed by atoms with E-state index in [1.54, 1.807) is 30.5 Å². The van der Waals surface area contributed by atoms with Crippen molar-refractivity contribution >= 4 is 35.4 Å². The van der Waals surface area contributed by atoms with E-state index < -0.39 is 13.7 Å². The number of benzene rings is 2. The third-order valence-corrected chi connectivity index (χ3v) is 7.38. The quantitative estimate of drug-likeness (QED) is 0.269. The Hall–Kier alpha value is -3.70. The molecule has 1 aliphatic rings. The highest BCUT2D eigenvalue weighted by Gasteiger charge is 2.28. The van der Waals surface area contributed by atoms with Crippen molar-refractivity contribution in [3.8, 4) is 17.4 Å². The Morgan fingerprint density at radius 3 is 2.45 bits per heavy atom. The van der Waals surface area contributed by atoms with Crippen LogP contribution in [-0.2, 0) is 11.1 Å². The molecule has 1 fully saturated rings. The van der Waals surface area contributed by atoms with Crippen molar-refractivity contribution in [2.45, 2.75) is 6.54 Å². The predicted molar refractivity (Wildman–Crippen MR) is 137 cm³/mol. The number of aromatic nitrogens is 2. The predicted octanol–water partition coefficient (Wildman–Crippen LogP) is 3.08. The number of carbonyl (C=O) groups excluding carboxylic acids is 1. The van der Waals surface area contributed by atoms with Gasteiger partial charge in [-0.1, -0.05) is 12.1 Å². The van der Waals surface area contributed by atoms with E-state index >= 15 is 0 Å². The van der Waals surface area contributed by atoms with Crippen LogP contribution in [0.25, 0.3) is 21.7 Å². The third kappa shape index (κ3) is 5.30. The highest BCUT2D eigenvalue weighted by Crippen LogP contribution is 2.46. The van der Waals surface area contributed by atoms with Gasteiger partial charge in [0.25, 0.3) is 0 Å². The van der Waals surface area contributed by atoms with Crippen LogP contribution in [0.2, 0.25) is 0 Å². The summed E-state index contributed by atoms with van der Waals surface area (Å²) in [5.41, 5.74) is 0.860. The molecule has 1 aliphatic heterocycles. The molecule has 0 atom stereocenters. The molecule has 13 heteroatoms. The lowest BCUT2D eigenvalue weighted by molar-refractivity contribution is 0.113. The molecule has 2 aromatic heterocycles. The lowest BCUT2D eigenvalue weighted by Crippen LogP contribution is -2.50. The topological polar surface area (TPSA) is 149 Å². The summed E-state index contributed by atoms with van der Waals surface area (Å²) in [6.45, 7) is 1.85. The van der Waals surface area contributed by atoms with Gasteiger partial charge in [0.2, 0.25) is 5.88 Å². The number of hydrogen-bond acceptors (Lipinski definition) is 7. The summed E-state index contributed by atoms with van der Waals surface area (Å²) < 4.78 is 31.8. The van der Waals surface area contributed by atoms with Gasteiger partial charge in [0, 0.05) is 50.5 Å². The Morgan fingerprint density at radius 1 is 1.05 bits per heavy atom. The highest BCUT2D eigenvalue weighted by atomic mass is 31.2. The maximum Gasteiger partial charge on any atom is 0.415 e. The molecule has 0 saturated carbocycles. The fourth-order valence-corrected chi connectivity index (χ4v) is 5.13. The summed E-state index contributed by atoms with van der Waals surface area (Å²) in [6, 6.07) is 9.07. The molecule has 38 heavy (non-hydrogen) atoms. The minimum absolute atomic E-state index is 0.0726. The Bertz CT molecular complexity index is 1550. The van der Waals surface area contributed by atoms with E-state index in [4.69, 9.17) is 14.5 Å². The van der Waals surface area contributed by atoms with Gasteiger partial charge in [-0.2, -0.15) is 0 Å². The Labute approximate surface area is 216 Å². The van der Waals surface area contributed by atoms with E-state index in [9.17, 15) is 24.0 Å². The summed E-state index contributed by atoms with van der Waals surface area (Å²) in [5.74, 6) is -0.778. The molecule has 11 nitrogen and oxygen atoms in total. The highest BCUT2D eigenvalue weighted by molar-refractivity contribution is 7.51. The van der Waals surface area contributed by atoms with Crippen molar-refractivity contribution in [1.29, 1.82) is 0 Å². The second-order valence-corrected chi connectivity index (χ2v) is 10.9. The zero-order valence-corrected chi connectivity index (χ0v) is 21.1. The van der Waals surface area contributed by atoms with Crippen LogP contribution in [0.3, 0.4) is 0 Å². The summed E-state index contributed by atoms with van der Waals surface area (Å²) in [6.07, 6.45) is 2.15. The second kappa shape index (κ2) is 10.2. The first-order valence-electron chi connectivity index (χ1n) is 11.9. The van der Waals surface area contributed by atoms with Crippen LogP contribution in [0.5, 0.6) is 17.4 Å². The lowest BCUT2D eigenvalue weighted by Gasteiger charge is -2.34. The molecule has 200 valence electrons. The third-order valence-electron chi connectivity index (χ3n) is 6.60. The summed E-state index contributed by atoms with van der Waals surface area (Å²) in [5, 5.41) is 22.7. The summed E-state index contributed by atoms with van der Waals surface area (Å²) in [4.78, 5) is 38.9. The first-order chi connectivity index (χ1) is 18.1. The number of nitrogens with zero attached hydrogens (tertiary/aromatic N) is 4. The molecule has 0 radical (unpaired) electrons. The van der Waals surface area contributed by atoms with E-state index in [2.05, 4.69) is 4.98 Å². The minimum atomic E-state index is -4.10. The number of phenols is 1. The number of ether oxygens (including phenoxy) is 1. The number of piperazine rings is 1. The Morgan fingerprint density at radius 2 is 1.76 bits per heavy atom. The van der Waals surface area contributed by atoms with Gasteiger partial charge >= 0.3 is 13.7 Å². The van der Waals surface area contributed by atoms with Crippen molar-refractivity contribution in [3.63, 3.8) is 0 Å². The van der Waals surface area contributed by atoms with Gasteiger partial charge < -0.3 is 34.2 Å². The van der Waals surface area contributed by atoms with Gasteiger partial charge in [-0.15, -0.1) is 0 Å². The van der Waals surface area contributed by atoms with E-state index in [1.165, 1.54) is 27.8 Å². The number of rotatable bonds is 6. The minimum Gasteiger partial charge on any atom is -0.505 e. The first kappa shape index (κ1) is 25.9. The first-order valence-corrected chi connectivity index (χ1v) is 13.7. The molecular weight excluding hydrogens is 518 g/mol. The van der Waals surface area contributed by atoms with Crippen LogP contribution in [0.4, 0.5) is 9.18 Å². The fourth-order valence-electron chi connectivity index (χ4n) is 4.59. The molecule has 3 heterocycles. The zero-order chi connectivity index (χ0) is 27.0. The molecule has 2 aromatic carbocycles. The van der Waals surface area contributed by atoms with E-state index in [0.29, 0.717) is 42.5 Å². The van der Waals surface area contributed by atoms with Gasteiger partial charge in [0.15, 0.2) is 11.5 Å². The van der Waals surface area contributed by atoms with Gasteiger partial charge in [0.1, 0.15) is 11.3 Å². The van der Waals surface area contributed by atoms with Crippen molar-refractivity contribution in [1.82, 2.24) is 19.4 Å². The molecule has 1 saturated heterocycles. The summed E-state index contributed by atoms with van der Waals surface area (Å²) >= 11 is 0. The average molecular weight is 544 g/mol. The van der Waals surface area contributed by atoms with Crippen molar-refractivity contribution in [2.24, 2.45) is 0 Å². The van der Waals surface area contributed by atoms with Crippen molar-refractivity contribution in [2.75, 3.05) is 38.9 Å². The normalized spacial score (nSPS) is 14.9. The molecule has 5 rings (SSSR count). The number of fused-ring (bicyclic) bond motifs is 2. The number of aromatic hydroxyl groups is 2. The molecule has 0 spiro atoms. The molecule has 0 aliphatic carbocycles. The second-order valence-electron chi connectivity index (χ2n) is 9.16. The van der Waals surface area contributed by atoms with Crippen molar-refractivity contribution in [3.05, 3.63) is 60.2 Å². The lowest BCUT2D eigenvalue weighted by atomic mass is 10.1. The molecular formula is C25H26FN4O7P. The Kier molecular flexibility index (Phi) is 6.97. The van der Waals surface area contributed by atoms with Crippen LogP contribution in [0.15, 0.2) is 48.8 Å². The van der Waals surface area contributed by atoms with Gasteiger partial charge in [0.05, 0.1) is 23.5 Å². The smallest absolute Gasteiger partial charge is 0.415 e. The van der Waals surface area contributed by atoms with Crippen LogP contribution >= 0.6 is 7.60 Å². The SMILES string of the molecule is O=C(Oc1c2cccnc2c(O)c2c(O)n(Cc3ccc(F)cc3)cc12)N1CCN(CCP(=O)(O)O)CC1. The number of amides is 1. The van der Waals surface area contributed by atoms with Gasteiger partial charge in [-0.05, 0) is 29.8 Å². The fraction of sp³-hybridized carbons (Fsp3) is 0.280. The maximum absolute atomic E-state index is 13.3.